The van der Waals surface area contributed by atoms with Gasteiger partial charge in [-0.05, 0) is 37.1 Å². The van der Waals surface area contributed by atoms with Crippen LogP contribution in [0.15, 0.2) is 0 Å². The van der Waals surface area contributed by atoms with Crippen molar-refractivity contribution >= 4 is 0 Å². The first-order chi connectivity index (χ1) is 7.65. The van der Waals surface area contributed by atoms with E-state index in [4.69, 9.17) is 4.74 Å². The number of ether oxygens (including phenoxy) is 1. The van der Waals surface area contributed by atoms with Crippen LogP contribution in [0.1, 0.15) is 47.0 Å². The lowest BCUT2D eigenvalue weighted by molar-refractivity contribution is -0.0565. The lowest BCUT2D eigenvalue weighted by atomic mass is 9.85. The van der Waals surface area contributed by atoms with E-state index in [0.717, 1.165) is 31.5 Å². The molecule has 0 saturated carbocycles. The molecule has 96 valence electrons. The summed E-state index contributed by atoms with van der Waals surface area (Å²) in [6.45, 7) is 12.3. The van der Waals surface area contributed by atoms with Crippen molar-refractivity contribution in [2.75, 3.05) is 19.7 Å². The molecule has 1 saturated heterocycles. The molecule has 0 bridgehead atoms. The summed E-state index contributed by atoms with van der Waals surface area (Å²) < 4.78 is 5.96. The summed E-state index contributed by atoms with van der Waals surface area (Å²) in [5.74, 6) is 2.17. The van der Waals surface area contributed by atoms with Crippen molar-refractivity contribution in [3.63, 3.8) is 0 Å². The van der Waals surface area contributed by atoms with Crippen LogP contribution in [0, 0.1) is 17.8 Å². The molecule has 2 heteroatoms. The molecule has 0 spiro atoms. The van der Waals surface area contributed by atoms with E-state index >= 15 is 0 Å². The molecule has 1 aliphatic rings. The van der Waals surface area contributed by atoms with Gasteiger partial charge < -0.3 is 10.1 Å². The van der Waals surface area contributed by atoms with Crippen molar-refractivity contribution in [2.24, 2.45) is 17.8 Å². The highest BCUT2D eigenvalue weighted by Gasteiger charge is 2.29. The summed E-state index contributed by atoms with van der Waals surface area (Å²) in [7, 11) is 0. The van der Waals surface area contributed by atoms with Crippen LogP contribution in [0.25, 0.3) is 0 Å². The molecule has 0 aliphatic carbocycles. The molecule has 16 heavy (non-hydrogen) atoms. The minimum Gasteiger partial charge on any atom is -0.378 e. The van der Waals surface area contributed by atoms with Crippen LogP contribution in [0.5, 0.6) is 0 Å². The van der Waals surface area contributed by atoms with E-state index in [2.05, 4.69) is 33.0 Å². The van der Waals surface area contributed by atoms with Gasteiger partial charge >= 0.3 is 0 Å². The van der Waals surface area contributed by atoms with Crippen molar-refractivity contribution in [3.05, 3.63) is 0 Å². The van der Waals surface area contributed by atoms with Crippen molar-refractivity contribution in [3.8, 4) is 0 Å². The van der Waals surface area contributed by atoms with Gasteiger partial charge in [-0.1, -0.05) is 34.1 Å². The lowest BCUT2D eigenvalue weighted by Gasteiger charge is -2.35. The van der Waals surface area contributed by atoms with Crippen LogP contribution < -0.4 is 5.32 Å². The second-order valence-corrected chi connectivity index (χ2v) is 5.68. The monoisotopic (exact) mass is 227 g/mol. The first-order valence-electron chi connectivity index (χ1n) is 6.97. The zero-order valence-electron chi connectivity index (χ0n) is 11.5. The summed E-state index contributed by atoms with van der Waals surface area (Å²) in [6.07, 6.45) is 4.28. The van der Waals surface area contributed by atoms with Crippen molar-refractivity contribution in [1.29, 1.82) is 0 Å². The Bertz CT molecular complexity index is 182. The van der Waals surface area contributed by atoms with Gasteiger partial charge in [-0.25, -0.2) is 0 Å². The largest absolute Gasteiger partial charge is 0.378 e. The summed E-state index contributed by atoms with van der Waals surface area (Å²) in [5.41, 5.74) is 0. The molecule has 0 aromatic carbocycles. The molecule has 1 N–H and O–H groups in total. The Kier molecular flexibility index (Phi) is 6.37. The second kappa shape index (κ2) is 7.29. The molecule has 3 unspecified atom stereocenters. The molecule has 3 atom stereocenters. The first-order valence-corrected chi connectivity index (χ1v) is 6.97. The Morgan fingerprint density at radius 2 is 2.06 bits per heavy atom. The van der Waals surface area contributed by atoms with Crippen LogP contribution >= 0.6 is 0 Å². The Labute approximate surface area is 101 Å². The minimum absolute atomic E-state index is 0.485. The summed E-state index contributed by atoms with van der Waals surface area (Å²) in [6, 6.07) is 0. The molecule has 0 aromatic rings. The van der Waals surface area contributed by atoms with Gasteiger partial charge in [0.1, 0.15) is 0 Å². The Morgan fingerprint density at radius 1 is 1.31 bits per heavy atom. The second-order valence-electron chi connectivity index (χ2n) is 5.68. The fraction of sp³-hybridized carbons (Fsp3) is 1.00. The van der Waals surface area contributed by atoms with Crippen molar-refractivity contribution in [2.45, 2.75) is 53.1 Å². The number of nitrogens with one attached hydrogen (secondary N) is 1. The average Bonchev–Trinajstić information content (AvgIpc) is 2.28. The highest BCUT2D eigenvalue weighted by atomic mass is 16.5. The smallest absolute Gasteiger partial charge is 0.0640 e. The zero-order chi connectivity index (χ0) is 12.0. The summed E-state index contributed by atoms with van der Waals surface area (Å²) >= 11 is 0. The highest BCUT2D eigenvalue weighted by molar-refractivity contribution is 4.80. The predicted molar refractivity (Wildman–Crippen MR) is 69.6 cm³/mol. The van der Waals surface area contributed by atoms with Crippen molar-refractivity contribution in [1.82, 2.24) is 5.32 Å². The SMILES string of the molecule is CCC(C)C1OCCCC1CNCC(C)C. The maximum absolute atomic E-state index is 5.96. The van der Waals surface area contributed by atoms with E-state index in [1.807, 2.05) is 0 Å². The van der Waals surface area contributed by atoms with Crippen LogP contribution in [-0.2, 0) is 4.74 Å². The normalized spacial score (nSPS) is 28.3. The molecule has 1 aliphatic heterocycles. The molecule has 0 aromatic heterocycles. The van der Waals surface area contributed by atoms with Crippen LogP contribution in [0.2, 0.25) is 0 Å². The van der Waals surface area contributed by atoms with Crippen molar-refractivity contribution < 1.29 is 4.74 Å². The third-order valence-electron chi connectivity index (χ3n) is 3.66. The van der Waals surface area contributed by atoms with Gasteiger partial charge in [-0.15, -0.1) is 0 Å². The molecule has 2 nitrogen and oxygen atoms in total. The molecule has 1 fully saturated rings. The minimum atomic E-state index is 0.485. The Balaban J connectivity index is 2.35. The molecule has 1 heterocycles. The number of hydrogen-bond acceptors (Lipinski definition) is 2. The maximum atomic E-state index is 5.96. The lowest BCUT2D eigenvalue weighted by Crippen LogP contribution is -2.41. The quantitative estimate of drug-likeness (QED) is 0.753. The average molecular weight is 227 g/mol. The van der Waals surface area contributed by atoms with E-state index in [1.54, 1.807) is 0 Å². The molecule has 0 radical (unpaired) electrons. The van der Waals surface area contributed by atoms with Crippen LogP contribution in [0.3, 0.4) is 0 Å². The van der Waals surface area contributed by atoms with E-state index in [0.29, 0.717) is 12.0 Å². The van der Waals surface area contributed by atoms with Gasteiger partial charge in [0.15, 0.2) is 0 Å². The maximum Gasteiger partial charge on any atom is 0.0640 e. The van der Waals surface area contributed by atoms with E-state index in [9.17, 15) is 0 Å². The summed E-state index contributed by atoms with van der Waals surface area (Å²) in [5, 5.41) is 3.58. The molecule has 0 amide bonds. The fourth-order valence-corrected chi connectivity index (χ4v) is 2.50. The van der Waals surface area contributed by atoms with Gasteiger partial charge in [-0.3, -0.25) is 0 Å². The van der Waals surface area contributed by atoms with Crippen LogP contribution in [-0.4, -0.2) is 25.8 Å². The van der Waals surface area contributed by atoms with E-state index in [1.165, 1.54) is 19.3 Å². The number of rotatable bonds is 6. The molecule has 1 rings (SSSR count). The highest BCUT2D eigenvalue weighted by Crippen LogP contribution is 2.27. The topological polar surface area (TPSA) is 21.3 Å². The van der Waals surface area contributed by atoms with Gasteiger partial charge in [0.05, 0.1) is 6.10 Å². The Hall–Kier alpha value is -0.0800. The molecular weight excluding hydrogens is 198 g/mol. The third kappa shape index (κ3) is 4.42. The van der Waals surface area contributed by atoms with Crippen LogP contribution in [0.4, 0.5) is 0 Å². The van der Waals surface area contributed by atoms with Gasteiger partial charge in [0.2, 0.25) is 0 Å². The fourth-order valence-electron chi connectivity index (χ4n) is 2.50. The first kappa shape index (κ1) is 14.0. The van der Waals surface area contributed by atoms with Gasteiger partial charge in [0, 0.05) is 13.2 Å². The predicted octanol–water partition coefficient (Wildman–Crippen LogP) is 3.07. The summed E-state index contributed by atoms with van der Waals surface area (Å²) in [4.78, 5) is 0. The van der Waals surface area contributed by atoms with E-state index < -0.39 is 0 Å². The van der Waals surface area contributed by atoms with Gasteiger partial charge in [0.25, 0.3) is 0 Å². The Morgan fingerprint density at radius 3 is 2.69 bits per heavy atom. The third-order valence-corrected chi connectivity index (χ3v) is 3.66. The zero-order valence-corrected chi connectivity index (χ0v) is 11.5. The van der Waals surface area contributed by atoms with E-state index in [-0.39, 0.29) is 0 Å². The molecular formula is C14H29NO. The number of hydrogen-bond donors (Lipinski definition) is 1. The standard InChI is InChI=1S/C14H29NO/c1-5-12(4)14-13(7-6-8-16-14)10-15-9-11(2)3/h11-15H,5-10H2,1-4H3. The van der Waals surface area contributed by atoms with Gasteiger partial charge in [-0.2, -0.15) is 0 Å².